The molecule has 0 spiro atoms. The summed E-state index contributed by atoms with van der Waals surface area (Å²) in [5.41, 5.74) is 2.60. The maximum Gasteiger partial charge on any atom is 0.242 e. The van der Waals surface area contributed by atoms with E-state index in [1.807, 2.05) is 42.0 Å². The highest BCUT2D eigenvalue weighted by Gasteiger charge is 2.19. The zero-order chi connectivity index (χ0) is 23.3. The van der Waals surface area contributed by atoms with Crippen LogP contribution in [0.5, 0.6) is 5.75 Å². The Labute approximate surface area is 188 Å². The van der Waals surface area contributed by atoms with E-state index in [-0.39, 0.29) is 17.2 Å². The smallest absolute Gasteiger partial charge is 0.242 e. The maximum atomic E-state index is 12.5. The Bertz CT molecular complexity index is 1200. The van der Waals surface area contributed by atoms with Crippen LogP contribution < -0.4 is 10.1 Å². The maximum absolute atomic E-state index is 12.5. The lowest BCUT2D eigenvalue weighted by atomic mass is 10.1. The second kappa shape index (κ2) is 9.97. The molecule has 1 amide bonds. The molecule has 9 heteroatoms. The van der Waals surface area contributed by atoms with Crippen molar-refractivity contribution in [1.29, 1.82) is 0 Å². The van der Waals surface area contributed by atoms with E-state index in [0.29, 0.717) is 24.3 Å². The molecular formula is C23H28N4O4S. The second-order valence-electron chi connectivity index (χ2n) is 7.51. The molecule has 2 aromatic carbocycles. The van der Waals surface area contributed by atoms with Crippen LogP contribution in [0.4, 0.5) is 0 Å². The van der Waals surface area contributed by atoms with Gasteiger partial charge in [0, 0.05) is 39.5 Å². The van der Waals surface area contributed by atoms with Gasteiger partial charge in [0.1, 0.15) is 11.6 Å². The van der Waals surface area contributed by atoms with E-state index in [0.717, 1.165) is 21.4 Å². The molecule has 0 aliphatic rings. The van der Waals surface area contributed by atoms with Crippen molar-refractivity contribution in [1.82, 2.24) is 19.2 Å². The van der Waals surface area contributed by atoms with Gasteiger partial charge in [0.25, 0.3) is 0 Å². The number of carbonyl (C=O) groups is 1. The molecule has 8 nitrogen and oxygen atoms in total. The Morgan fingerprint density at radius 2 is 1.91 bits per heavy atom. The standard InChI is InChI=1S/C23H28N4O4S/c1-17-24-13-14-27(17)21-8-6-5-7-19(21)16-25-23(28)12-9-18-15-20(10-11-22(18)31-4)32(29,30)26(2)3/h5-8,10-11,13-15H,9,12,16H2,1-4H3,(H,25,28). The van der Waals surface area contributed by atoms with Crippen LogP contribution in [0.2, 0.25) is 0 Å². The van der Waals surface area contributed by atoms with Crippen LogP contribution in [-0.2, 0) is 27.8 Å². The SMILES string of the molecule is COc1ccc(S(=O)(=O)N(C)C)cc1CCC(=O)NCc1ccccc1-n1ccnc1C. The highest BCUT2D eigenvalue weighted by molar-refractivity contribution is 7.89. The van der Waals surface area contributed by atoms with Gasteiger partial charge < -0.3 is 14.6 Å². The van der Waals surface area contributed by atoms with E-state index in [4.69, 9.17) is 4.74 Å². The molecule has 0 aliphatic carbocycles. The summed E-state index contributed by atoms with van der Waals surface area (Å²) in [6.45, 7) is 2.30. The third kappa shape index (κ3) is 5.17. The number of ether oxygens (including phenoxy) is 1. The monoisotopic (exact) mass is 456 g/mol. The number of aryl methyl sites for hydroxylation is 2. The highest BCUT2D eigenvalue weighted by Crippen LogP contribution is 2.25. The van der Waals surface area contributed by atoms with Crippen molar-refractivity contribution in [2.45, 2.75) is 31.2 Å². The van der Waals surface area contributed by atoms with Crippen molar-refractivity contribution in [3.63, 3.8) is 0 Å². The molecule has 32 heavy (non-hydrogen) atoms. The number of nitrogens with zero attached hydrogens (tertiary/aromatic N) is 3. The minimum atomic E-state index is -3.57. The summed E-state index contributed by atoms with van der Waals surface area (Å²) >= 11 is 0. The van der Waals surface area contributed by atoms with Crippen LogP contribution in [0, 0.1) is 6.92 Å². The van der Waals surface area contributed by atoms with Gasteiger partial charge in [-0.1, -0.05) is 18.2 Å². The number of aromatic nitrogens is 2. The Morgan fingerprint density at radius 1 is 1.16 bits per heavy atom. The van der Waals surface area contributed by atoms with Crippen LogP contribution in [0.15, 0.2) is 59.8 Å². The van der Waals surface area contributed by atoms with Crippen LogP contribution in [0.1, 0.15) is 23.4 Å². The fourth-order valence-electron chi connectivity index (χ4n) is 3.38. The van der Waals surface area contributed by atoms with Crippen molar-refractivity contribution < 1.29 is 17.9 Å². The van der Waals surface area contributed by atoms with E-state index in [2.05, 4.69) is 10.3 Å². The molecule has 1 aromatic heterocycles. The lowest BCUT2D eigenvalue weighted by Crippen LogP contribution is -2.24. The Balaban J connectivity index is 1.68. The number of imidazole rings is 1. The predicted octanol–water partition coefficient (Wildman–Crippen LogP) is 2.69. The zero-order valence-electron chi connectivity index (χ0n) is 18.7. The quantitative estimate of drug-likeness (QED) is 0.534. The van der Waals surface area contributed by atoms with Crippen LogP contribution in [0.3, 0.4) is 0 Å². The Hall–Kier alpha value is -3.17. The Kier molecular flexibility index (Phi) is 7.32. The molecule has 0 unspecified atom stereocenters. The largest absolute Gasteiger partial charge is 0.496 e. The molecule has 0 bridgehead atoms. The number of benzene rings is 2. The first kappa shape index (κ1) is 23.5. The number of amides is 1. The van der Waals surface area contributed by atoms with E-state index < -0.39 is 10.0 Å². The van der Waals surface area contributed by atoms with Crippen LogP contribution in [0.25, 0.3) is 5.69 Å². The molecule has 0 radical (unpaired) electrons. The Morgan fingerprint density at radius 3 is 2.56 bits per heavy atom. The number of hydrogen-bond donors (Lipinski definition) is 1. The van der Waals surface area contributed by atoms with Crippen LogP contribution >= 0.6 is 0 Å². The molecule has 0 atom stereocenters. The van der Waals surface area contributed by atoms with Gasteiger partial charge in [0.2, 0.25) is 15.9 Å². The minimum absolute atomic E-state index is 0.134. The fourth-order valence-corrected chi connectivity index (χ4v) is 4.33. The molecule has 3 rings (SSSR count). The van der Waals surface area contributed by atoms with E-state index >= 15 is 0 Å². The number of sulfonamides is 1. The number of hydrogen-bond acceptors (Lipinski definition) is 5. The molecular weight excluding hydrogens is 428 g/mol. The van der Waals surface area contributed by atoms with Gasteiger partial charge in [-0.05, 0) is 48.7 Å². The van der Waals surface area contributed by atoms with Gasteiger partial charge in [0.15, 0.2) is 0 Å². The van der Waals surface area contributed by atoms with Crippen molar-refractivity contribution in [2.75, 3.05) is 21.2 Å². The van der Waals surface area contributed by atoms with Crippen molar-refractivity contribution in [3.05, 3.63) is 71.8 Å². The number of nitrogens with one attached hydrogen (secondary N) is 1. The first-order valence-corrected chi connectivity index (χ1v) is 11.6. The number of methoxy groups -OCH3 is 1. The van der Waals surface area contributed by atoms with E-state index in [9.17, 15) is 13.2 Å². The van der Waals surface area contributed by atoms with Gasteiger partial charge in [-0.2, -0.15) is 0 Å². The van der Waals surface area contributed by atoms with Crippen molar-refractivity contribution in [2.24, 2.45) is 0 Å². The summed E-state index contributed by atoms with van der Waals surface area (Å²) in [5, 5.41) is 2.95. The molecule has 0 aliphatic heterocycles. The first-order chi connectivity index (χ1) is 15.2. The van der Waals surface area contributed by atoms with Gasteiger partial charge >= 0.3 is 0 Å². The highest BCUT2D eigenvalue weighted by atomic mass is 32.2. The van der Waals surface area contributed by atoms with E-state index in [1.54, 1.807) is 18.3 Å². The summed E-state index contributed by atoms with van der Waals surface area (Å²) in [7, 11) is 0.917. The average Bonchev–Trinajstić information content (AvgIpc) is 3.21. The third-order valence-corrected chi connectivity index (χ3v) is 7.02. The predicted molar refractivity (Wildman–Crippen MR) is 122 cm³/mol. The fraction of sp³-hybridized carbons (Fsp3) is 0.304. The normalized spacial score (nSPS) is 11.5. The molecule has 0 saturated heterocycles. The lowest BCUT2D eigenvalue weighted by Gasteiger charge is -2.15. The number of carbonyl (C=O) groups excluding carboxylic acids is 1. The number of para-hydroxylation sites is 1. The van der Waals surface area contributed by atoms with Gasteiger partial charge in [-0.3, -0.25) is 4.79 Å². The topological polar surface area (TPSA) is 93.5 Å². The summed E-state index contributed by atoms with van der Waals surface area (Å²) in [4.78, 5) is 17.0. The number of rotatable bonds is 9. The van der Waals surface area contributed by atoms with Gasteiger partial charge in [-0.25, -0.2) is 17.7 Å². The molecule has 1 N–H and O–H groups in total. The molecule has 0 fully saturated rings. The molecule has 1 heterocycles. The summed E-state index contributed by atoms with van der Waals surface area (Å²) in [6.07, 6.45) is 4.18. The molecule has 3 aromatic rings. The minimum Gasteiger partial charge on any atom is -0.496 e. The van der Waals surface area contributed by atoms with Crippen molar-refractivity contribution >= 4 is 15.9 Å². The summed E-state index contributed by atoms with van der Waals surface area (Å²) in [5.74, 6) is 1.28. The third-order valence-electron chi connectivity index (χ3n) is 5.20. The summed E-state index contributed by atoms with van der Waals surface area (Å²) in [6, 6.07) is 12.5. The first-order valence-electron chi connectivity index (χ1n) is 10.2. The summed E-state index contributed by atoms with van der Waals surface area (Å²) < 4.78 is 33.4. The van der Waals surface area contributed by atoms with Crippen molar-refractivity contribution in [3.8, 4) is 11.4 Å². The molecule has 0 saturated carbocycles. The van der Waals surface area contributed by atoms with E-state index in [1.165, 1.54) is 27.3 Å². The average molecular weight is 457 g/mol. The second-order valence-corrected chi connectivity index (χ2v) is 9.66. The zero-order valence-corrected chi connectivity index (χ0v) is 19.5. The van der Waals surface area contributed by atoms with Gasteiger partial charge in [0.05, 0.1) is 17.7 Å². The molecule has 170 valence electrons. The lowest BCUT2D eigenvalue weighted by molar-refractivity contribution is -0.121. The van der Waals surface area contributed by atoms with Crippen LogP contribution in [-0.4, -0.2) is 49.4 Å². The van der Waals surface area contributed by atoms with Gasteiger partial charge in [-0.15, -0.1) is 0 Å².